The van der Waals surface area contributed by atoms with Crippen molar-refractivity contribution in [2.75, 3.05) is 0 Å². The average molecular weight is 467 g/mol. The summed E-state index contributed by atoms with van der Waals surface area (Å²) in [5.74, 6) is 1.09. The van der Waals surface area contributed by atoms with E-state index in [2.05, 4.69) is 35.2 Å². The predicted molar refractivity (Wildman–Crippen MR) is 119 cm³/mol. The summed E-state index contributed by atoms with van der Waals surface area (Å²) in [5, 5.41) is 8.89. The van der Waals surface area contributed by atoms with Crippen molar-refractivity contribution in [1.82, 2.24) is 39.9 Å². The fourth-order valence-corrected chi connectivity index (χ4v) is 3.85. The molecule has 5 aromatic rings. The van der Waals surface area contributed by atoms with E-state index in [0.29, 0.717) is 23.2 Å². The Bertz CT molecular complexity index is 1480. The molecule has 33 heavy (non-hydrogen) atoms. The van der Waals surface area contributed by atoms with Crippen LogP contribution >= 0.6 is 11.6 Å². The lowest BCUT2D eigenvalue weighted by molar-refractivity contribution is 0.344. The number of unbranched alkanes of at least 4 members (excludes halogenated alkanes) is 1. The minimum atomic E-state index is -0.569. The van der Waals surface area contributed by atoms with E-state index in [-0.39, 0.29) is 17.2 Å². The highest BCUT2D eigenvalue weighted by Crippen LogP contribution is 2.26. The lowest BCUT2D eigenvalue weighted by atomic mass is 10.1. The Morgan fingerprint density at radius 1 is 1.06 bits per heavy atom. The molecule has 1 aromatic carbocycles. The van der Waals surface area contributed by atoms with Gasteiger partial charge in [-0.3, -0.25) is 19.4 Å². The molecule has 11 nitrogen and oxygen atoms in total. The van der Waals surface area contributed by atoms with Crippen LogP contribution in [0.4, 0.5) is 0 Å². The Balaban J connectivity index is 1.25. The third-order valence-electron chi connectivity index (χ3n) is 5.29. The second kappa shape index (κ2) is 8.87. The predicted octanol–water partition coefficient (Wildman–Crippen LogP) is 2.38. The first-order chi connectivity index (χ1) is 16.1. The molecule has 0 saturated heterocycles. The largest absolute Gasteiger partial charge is 0.337 e. The standard InChI is InChI=1S/C21H19ClN8O3/c22-14-7-5-13(6-8-14)17(20-23-11-25-33-20)30-10-12(9-24-30)3-1-2-4-15-26-16-18(27-15)28-21(32)29-19(16)31/h5-11,17H,1-4H2,(H3,26,27,28,29,31,32). The molecule has 4 aromatic heterocycles. The number of nitrogens with zero attached hydrogens (tertiary/aromatic N) is 5. The van der Waals surface area contributed by atoms with E-state index >= 15 is 0 Å². The fourth-order valence-electron chi connectivity index (χ4n) is 3.72. The summed E-state index contributed by atoms with van der Waals surface area (Å²) in [5.41, 5.74) is 1.50. The highest BCUT2D eigenvalue weighted by molar-refractivity contribution is 6.30. The van der Waals surface area contributed by atoms with E-state index in [1.165, 1.54) is 6.33 Å². The summed E-state index contributed by atoms with van der Waals surface area (Å²) < 4.78 is 7.12. The number of rotatable bonds is 8. The molecule has 0 aliphatic carbocycles. The average Bonchev–Trinajstić information content (AvgIpc) is 3.54. The lowest BCUT2D eigenvalue weighted by Crippen LogP contribution is -2.21. The van der Waals surface area contributed by atoms with Crippen molar-refractivity contribution in [2.24, 2.45) is 0 Å². The third-order valence-corrected chi connectivity index (χ3v) is 5.54. The van der Waals surface area contributed by atoms with Gasteiger partial charge in [-0.15, -0.1) is 0 Å². The molecule has 1 unspecified atom stereocenters. The van der Waals surface area contributed by atoms with Crippen LogP contribution in [0, 0.1) is 0 Å². The fraction of sp³-hybridized carbons (Fsp3) is 0.238. The first-order valence-electron chi connectivity index (χ1n) is 10.3. The zero-order chi connectivity index (χ0) is 22.8. The van der Waals surface area contributed by atoms with Gasteiger partial charge in [-0.2, -0.15) is 10.1 Å². The molecule has 168 valence electrons. The van der Waals surface area contributed by atoms with Crippen molar-refractivity contribution in [3.05, 3.63) is 91.7 Å². The van der Waals surface area contributed by atoms with Gasteiger partial charge in [0.15, 0.2) is 18.0 Å². The Morgan fingerprint density at radius 3 is 2.67 bits per heavy atom. The molecule has 0 aliphatic heterocycles. The molecule has 3 N–H and O–H groups in total. The van der Waals surface area contributed by atoms with E-state index in [9.17, 15) is 9.59 Å². The molecular weight excluding hydrogens is 448 g/mol. The molecule has 0 fully saturated rings. The maximum atomic E-state index is 11.8. The summed E-state index contributed by atoms with van der Waals surface area (Å²) in [7, 11) is 0. The molecule has 12 heteroatoms. The van der Waals surface area contributed by atoms with E-state index < -0.39 is 11.2 Å². The van der Waals surface area contributed by atoms with Crippen LogP contribution in [0.3, 0.4) is 0 Å². The summed E-state index contributed by atoms with van der Waals surface area (Å²) in [4.78, 5) is 39.4. The van der Waals surface area contributed by atoms with E-state index in [0.717, 1.165) is 30.4 Å². The van der Waals surface area contributed by atoms with Crippen LogP contribution in [-0.2, 0) is 12.8 Å². The molecule has 5 rings (SSSR count). The number of aryl methyl sites for hydroxylation is 2. The molecule has 1 atom stereocenters. The number of nitrogens with one attached hydrogen (secondary N) is 3. The smallest absolute Gasteiger partial charge is 0.327 e. The second-order valence-corrected chi connectivity index (χ2v) is 8.02. The van der Waals surface area contributed by atoms with Crippen molar-refractivity contribution < 1.29 is 4.52 Å². The van der Waals surface area contributed by atoms with Gasteiger partial charge in [0.25, 0.3) is 11.4 Å². The second-order valence-electron chi connectivity index (χ2n) is 7.58. The van der Waals surface area contributed by atoms with Gasteiger partial charge in [0.05, 0.1) is 6.20 Å². The normalized spacial score (nSPS) is 12.4. The number of H-pyrrole nitrogens is 3. The van der Waals surface area contributed by atoms with Crippen LogP contribution in [0.2, 0.25) is 5.02 Å². The van der Waals surface area contributed by atoms with Gasteiger partial charge in [-0.25, -0.2) is 9.78 Å². The Kier molecular flexibility index (Phi) is 5.61. The van der Waals surface area contributed by atoms with Crippen molar-refractivity contribution in [3.63, 3.8) is 0 Å². The SMILES string of the molecule is O=c1[nH]c(=O)c2[nH]c(CCCCc3cnn(C(c4ccc(Cl)cc4)c4ncno4)c3)nc2[nH]1. The molecule has 0 amide bonds. The number of aromatic nitrogens is 8. The van der Waals surface area contributed by atoms with Gasteiger partial charge in [-0.05, 0) is 42.5 Å². The first-order valence-corrected chi connectivity index (χ1v) is 10.7. The monoisotopic (exact) mass is 466 g/mol. The number of halogens is 1. The van der Waals surface area contributed by atoms with Crippen molar-refractivity contribution >= 4 is 22.8 Å². The van der Waals surface area contributed by atoms with Gasteiger partial charge in [-0.1, -0.05) is 28.9 Å². The molecular formula is C21H19ClN8O3. The van der Waals surface area contributed by atoms with Crippen LogP contribution in [0.15, 0.2) is 57.1 Å². The van der Waals surface area contributed by atoms with E-state index in [4.69, 9.17) is 16.1 Å². The maximum Gasteiger partial charge on any atom is 0.327 e. The van der Waals surface area contributed by atoms with Crippen LogP contribution in [0.25, 0.3) is 11.2 Å². The third kappa shape index (κ3) is 4.48. The quantitative estimate of drug-likeness (QED) is 0.297. The zero-order valence-corrected chi connectivity index (χ0v) is 18.0. The summed E-state index contributed by atoms with van der Waals surface area (Å²) in [6, 6.07) is 7.08. The Morgan fingerprint density at radius 2 is 1.88 bits per heavy atom. The molecule has 0 aliphatic rings. The van der Waals surface area contributed by atoms with Crippen LogP contribution < -0.4 is 11.2 Å². The van der Waals surface area contributed by atoms with Gasteiger partial charge in [0, 0.05) is 17.6 Å². The van der Waals surface area contributed by atoms with Gasteiger partial charge < -0.3 is 9.51 Å². The number of imidazole rings is 1. The lowest BCUT2D eigenvalue weighted by Gasteiger charge is -2.14. The summed E-state index contributed by atoms with van der Waals surface area (Å²) in [6.07, 6.45) is 8.36. The zero-order valence-electron chi connectivity index (χ0n) is 17.3. The molecule has 0 bridgehead atoms. The van der Waals surface area contributed by atoms with Gasteiger partial charge in [0.1, 0.15) is 11.3 Å². The van der Waals surface area contributed by atoms with Crippen LogP contribution in [0.1, 0.15) is 41.7 Å². The van der Waals surface area contributed by atoms with Crippen molar-refractivity contribution in [3.8, 4) is 0 Å². The maximum absolute atomic E-state index is 11.8. The highest BCUT2D eigenvalue weighted by atomic mass is 35.5. The molecule has 0 saturated carbocycles. The topological polar surface area (TPSA) is 151 Å². The number of benzene rings is 1. The van der Waals surface area contributed by atoms with Crippen LogP contribution in [-0.4, -0.2) is 39.9 Å². The summed E-state index contributed by atoms with van der Waals surface area (Å²) in [6.45, 7) is 0. The Labute approximate surface area is 190 Å². The first kappa shape index (κ1) is 20.9. The Hall–Kier alpha value is -3.99. The molecule has 0 spiro atoms. The minimum absolute atomic E-state index is 0.272. The van der Waals surface area contributed by atoms with Crippen molar-refractivity contribution in [2.45, 2.75) is 31.7 Å². The van der Waals surface area contributed by atoms with Gasteiger partial charge in [0.2, 0.25) is 0 Å². The number of aromatic amines is 3. The molecule has 4 heterocycles. The van der Waals surface area contributed by atoms with Gasteiger partial charge >= 0.3 is 5.69 Å². The highest BCUT2D eigenvalue weighted by Gasteiger charge is 2.22. The molecule has 0 radical (unpaired) electrons. The minimum Gasteiger partial charge on any atom is -0.337 e. The van der Waals surface area contributed by atoms with Crippen LogP contribution in [0.5, 0.6) is 0 Å². The number of hydrogen-bond acceptors (Lipinski definition) is 7. The van der Waals surface area contributed by atoms with Crippen molar-refractivity contribution in [1.29, 1.82) is 0 Å². The number of hydrogen-bond donors (Lipinski definition) is 3. The summed E-state index contributed by atoms with van der Waals surface area (Å²) >= 11 is 6.03. The van der Waals surface area contributed by atoms with E-state index in [1.807, 2.05) is 36.7 Å². The van der Waals surface area contributed by atoms with E-state index in [1.54, 1.807) is 4.68 Å². The number of fused-ring (bicyclic) bond motifs is 1.